The summed E-state index contributed by atoms with van der Waals surface area (Å²) in [6, 6.07) is 0. The number of aromatic nitrogens is 3. The first-order chi connectivity index (χ1) is 7.57. The van der Waals surface area contributed by atoms with Crippen LogP contribution in [0.5, 0.6) is 0 Å². The summed E-state index contributed by atoms with van der Waals surface area (Å²) in [5.74, 6) is 0.746. The summed E-state index contributed by atoms with van der Waals surface area (Å²) >= 11 is 0. The molecule has 2 rings (SSSR count). The average molecular weight is 223 g/mol. The topological polar surface area (TPSA) is 50.9 Å². The van der Waals surface area contributed by atoms with E-state index in [2.05, 4.69) is 17.2 Å². The molecule has 2 atom stereocenters. The first-order valence-corrected chi connectivity index (χ1v) is 6.15. The Morgan fingerprint density at radius 2 is 2.31 bits per heavy atom. The third kappa shape index (κ3) is 2.82. The standard InChI is InChI=1S/C12H21N3O/c1-10-4-3-6-12(16,7-5-10)8-11-9-15(2)14-13-11/h9-10,16H,3-8H2,1-2H3. The number of nitrogens with zero attached hydrogens (tertiary/aromatic N) is 3. The quantitative estimate of drug-likeness (QED) is 0.776. The highest BCUT2D eigenvalue weighted by molar-refractivity contribution is 5.00. The van der Waals surface area contributed by atoms with Gasteiger partial charge in [-0.15, -0.1) is 5.10 Å². The van der Waals surface area contributed by atoms with Gasteiger partial charge in [-0.2, -0.15) is 0 Å². The molecule has 4 heteroatoms. The summed E-state index contributed by atoms with van der Waals surface area (Å²) in [7, 11) is 1.86. The number of hydrogen-bond acceptors (Lipinski definition) is 3. The van der Waals surface area contributed by atoms with Crippen LogP contribution >= 0.6 is 0 Å². The van der Waals surface area contributed by atoms with Gasteiger partial charge in [0.1, 0.15) is 0 Å². The maximum atomic E-state index is 10.6. The highest BCUT2D eigenvalue weighted by Crippen LogP contribution is 2.32. The van der Waals surface area contributed by atoms with E-state index >= 15 is 0 Å². The molecule has 0 aromatic carbocycles. The van der Waals surface area contributed by atoms with Gasteiger partial charge in [-0.05, 0) is 25.2 Å². The summed E-state index contributed by atoms with van der Waals surface area (Å²) in [6.45, 7) is 2.27. The normalized spacial score (nSPS) is 31.3. The zero-order valence-corrected chi connectivity index (χ0v) is 10.2. The molecule has 90 valence electrons. The van der Waals surface area contributed by atoms with Crippen LogP contribution in [0.25, 0.3) is 0 Å². The van der Waals surface area contributed by atoms with Gasteiger partial charge in [0.15, 0.2) is 0 Å². The number of aliphatic hydroxyl groups is 1. The van der Waals surface area contributed by atoms with E-state index in [1.54, 1.807) is 4.68 Å². The van der Waals surface area contributed by atoms with Crippen LogP contribution in [0.2, 0.25) is 0 Å². The fourth-order valence-corrected chi connectivity index (χ4v) is 2.55. The Hall–Kier alpha value is -0.900. The lowest BCUT2D eigenvalue weighted by atomic mass is 9.89. The molecule has 1 N–H and O–H groups in total. The van der Waals surface area contributed by atoms with Gasteiger partial charge in [0.25, 0.3) is 0 Å². The van der Waals surface area contributed by atoms with Crippen LogP contribution in [-0.2, 0) is 13.5 Å². The predicted molar refractivity (Wildman–Crippen MR) is 61.9 cm³/mol. The lowest BCUT2D eigenvalue weighted by Crippen LogP contribution is -2.30. The molecule has 4 nitrogen and oxygen atoms in total. The molecular weight excluding hydrogens is 202 g/mol. The van der Waals surface area contributed by atoms with Gasteiger partial charge in [0, 0.05) is 19.7 Å². The molecule has 0 aliphatic heterocycles. The van der Waals surface area contributed by atoms with Crippen LogP contribution in [0, 0.1) is 5.92 Å². The molecule has 1 fully saturated rings. The van der Waals surface area contributed by atoms with E-state index in [-0.39, 0.29) is 0 Å². The second-order valence-corrected chi connectivity index (χ2v) is 5.32. The van der Waals surface area contributed by atoms with Crippen molar-refractivity contribution in [3.05, 3.63) is 11.9 Å². The Balaban J connectivity index is 2.01. The van der Waals surface area contributed by atoms with Gasteiger partial charge in [-0.1, -0.05) is 25.0 Å². The first-order valence-electron chi connectivity index (χ1n) is 6.15. The van der Waals surface area contributed by atoms with Crippen molar-refractivity contribution in [3.63, 3.8) is 0 Å². The highest BCUT2D eigenvalue weighted by atomic mass is 16.3. The Bertz CT molecular complexity index is 350. The van der Waals surface area contributed by atoms with Gasteiger partial charge in [-0.25, -0.2) is 0 Å². The van der Waals surface area contributed by atoms with Crippen LogP contribution < -0.4 is 0 Å². The monoisotopic (exact) mass is 223 g/mol. The van der Waals surface area contributed by atoms with E-state index in [9.17, 15) is 5.11 Å². The summed E-state index contributed by atoms with van der Waals surface area (Å²) in [5, 5.41) is 18.5. The van der Waals surface area contributed by atoms with Gasteiger partial charge in [0.05, 0.1) is 11.3 Å². The van der Waals surface area contributed by atoms with Gasteiger partial charge < -0.3 is 5.11 Å². The molecule has 0 amide bonds. The summed E-state index contributed by atoms with van der Waals surface area (Å²) in [6.07, 6.45) is 7.82. The molecule has 0 saturated heterocycles. The molecule has 0 radical (unpaired) electrons. The molecular formula is C12H21N3O. The molecule has 1 aliphatic rings. The Morgan fingerprint density at radius 3 is 3.00 bits per heavy atom. The fraction of sp³-hybridized carbons (Fsp3) is 0.833. The van der Waals surface area contributed by atoms with Crippen LogP contribution in [0.1, 0.15) is 44.7 Å². The van der Waals surface area contributed by atoms with Gasteiger partial charge >= 0.3 is 0 Å². The van der Waals surface area contributed by atoms with Crippen molar-refractivity contribution in [2.75, 3.05) is 0 Å². The molecule has 16 heavy (non-hydrogen) atoms. The summed E-state index contributed by atoms with van der Waals surface area (Å²) in [5.41, 5.74) is 0.348. The maximum Gasteiger partial charge on any atom is 0.0855 e. The SMILES string of the molecule is CC1CCCC(O)(Cc2cn(C)nn2)CC1. The summed E-state index contributed by atoms with van der Waals surface area (Å²) < 4.78 is 1.69. The van der Waals surface area contributed by atoms with Crippen LogP contribution in [0.4, 0.5) is 0 Å². The van der Waals surface area contributed by atoms with E-state index in [1.165, 1.54) is 6.42 Å². The molecule has 0 bridgehead atoms. The third-order valence-electron chi connectivity index (χ3n) is 3.60. The molecule has 2 unspecified atom stereocenters. The lowest BCUT2D eigenvalue weighted by Gasteiger charge is -2.25. The minimum absolute atomic E-state index is 0.555. The van der Waals surface area contributed by atoms with Crippen molar-refractivity contribution < 1.29 is 5.11 Å². The third-order valence-corrected chi connectivity index (χ3v) is 3.60. The number of aryl methyl sites for hydroxylation is 1. The van der Waals surface area contributed by atoms with E-state index in [4.69, 9.17) is 0 Å². The van der Waals surface area contributed by atoms with Crippen molar-refractivity contribution >= 4 is 0 Å². The minimum Gasteiger partial charge on any atom is -0.389 e. The van der Waals surface area contributed by atoms with Crippen molar-refractivity contribution in [2.24, 2.45) is 13.0 Å². The first kappa shape index (κ1) is 11.6. The Labute approximate surface area is 96.7 Å². The predicted octanol–water partition coefficient (Wildman–Crippen LogP) is 1.69. The van der Waals surface area contributed by atoms with Crippen molar-refractivity contribution in [3.8, 4) is 0 Å². The highest BCUT2D eigenvalue weighted by Gasteiger charge is 2.30. The fourth-order valence-electron chi connectivity index (χ4n) is 2.55. The largest absolute Gasteiger partial charge is 0.389 e. The van der Waals surface area contributed by atoms with Crippen molar-refractivity contribution in [1.29, 1.82) is 0 Å². The van der Waals surface area contributed by atoms with Crippen LogP contribution in [0.15, 0.2) is 6.20 Å². The van der Waals surface area contributed by atoms with E-state index < -0.39 is 5.60 Å². The molecule has 1 saturated carbocycles. The Kier molecular flexibility index (Phi) is 3.28. The molecule has 1 aromatic heterocycles. The second kappa shape index (κ2) is 4.53. The summed E-state index contributed by atoms with van der Waals surface area (Å²) in [4.78, 5) is 0. The molecule has 1 heterocycles. The zero-order chi connectivity index (χ0) is 11.6. The maximum absolute atomic E-state index is 10.6. The van der Waals surface area contributed by atoms with E-state index in [1.807, 2.05) is 13.2 Å². The van der Waals surface area contributed by atoms with Gasteiger partial charge in [-0.3, -0.25) is 4.68 Å². The average Bonchev–Trinajstić information content (AvgIpc) is 2.53. The van der Waals surface area contributed by atoms with E-state index in [0.717, 1.165) is 37.3 Å². The zero-order valence-electron chi connectivity index (χ0n) is 10.2. The molecule has 1 aromatic rings. The minimum atomic E-state index is -0.555. The second-order valence-electron chi connectivity index (χ2n) is 5.32. The lowest BCUT2D eigenvalue weighted by molar-refractivity contribution is 0.0234. The van der Waals surface area contributed by atoms with Crippen molar-refractivity contribution in [2.45, 2.75) is 51.0 Å². The number of hydrogen-bond donors (Lipinski definition) is 1. The van der Waals surface area contributed by atoms with Gasteiger partial charge in [0.2, 0.25) is 0 Å². The Morgan fingerprint density at radius 1 is 1.50 bits per heavy atom. The van der Waals surface area contributed by atoms with Crippen molar-refractivity contribution in [1.82, 2.24) is 15.0 Å². The van der Waals surface area contributed by atoms with E-state index in [0.29, 0.717) is 6.42 Å². The van der Waals surface area contributed by atoms with Crippen LogP contribution in [0.3, 0.4) is 0 Å². The molecule has 0 spiro atoms. The van der Waals surface area contributed by atoms with Crippen LogP contribution in [-0.4, -0.2) is 25.7 Å². The number of rotatable bonds is 2. The smallest absolute Gasteiger partial charge is 0.0855 e. The molecule has 1 aliphatic carbocycles.